The van der Waals surface area contributed by atoms with Crippen molar-refractivity contribution in [2.45, 2.75) is 29.7 Å². The number of rotatable bonds is 5. The van der Waals surface area contributed by atoms with Crippen LogP contribution in [0.3, 0.4) is 0 Å². The summed E-state index contributed by atoms with van der Waals surface area (Å²) < 4.78 is 1.43. The molecule has 0 aliphatic carbocycles. The number of hydrogen-bond donors (Lipinski definition) is 1. The lowest BCUT2D eigenvalue weighted by Crippen LogP contribution is -2.33. The molecule has 2 aromatic heterocycles. The normalized spacial score (nSPS) is 19.5. The summed E-state index contributed by atoms with van der Waals surface area (Å²) in [6.45, 7) is 1.72. The van der Waals surface area contributed by atoms with Crippen molar-refractivity contribution in [3.05, 3.63) is 117 Å². The summed E-state index contributed by atoms with van der Waals surface area (Å²) in [5.74, 6) is -2.25. The molecule has 0 saturated carbocycles. The molecule has 1 N–H and O–H groups in total. The van der Waals surface area contributed by atoms with Gasteiger partial charge < -0.3 is 5.32 Å². The summed E-state index contributed by atoms with van der Waals surface area (Å²) in [5, 5.41) is 4.63. The molecule has 3 amide bonds. The molecule has 0 unspecified atom stereocenters. The molecule has 10 heteroatoms. The van der Waals surface area contributed by atoms with E-state index < -0.39 is 17.1 Å². The minimum Gasteiger partial charge on any atom is -0.324 e. The highest BCUT2D eigenvalue weighted by Gasteiger charge is 2.56. The molecule has 2 aliphatic rings. The number of nitrogens with one attached hydrogen (secondary N) is 1. The van der Waals surface area contributed by atoms with E-state index in [1.54, 1.807) is 30.6 Å². The molecule has 0 radical (unpaired) electrons. The average molecular weight is 593 g/mol. The maximum Gasteiger partial charge on any atom is 0.308 e. The molecule has 3 aromatic carbocycles. The fraction of sp³-hybridized carbons (Fsp3) is 0.156. The van der Waals surface area contributed by atoms with Crippen molar-refractivity contribution in [1.82, 2.24) is 9.55 Å². The number of carbonyl (C=O) groups excluding carboxylic acids is 3. The van der Waals surface area contributed by atoms with Gasteiger partial charge in [0.15, 0.2) is 0 Å². The van der Waals surface area contributed by atoms with Gasteiger partial charge in [0, 0.05) is 34.3 Å². The van der Waals surface area contributed by atoms with E-state index in [9.17, 15) is 19.2 Å². The predicted octanol–water partition coefficient (Wildman–Crippen LogP) is 5.20. The van der Waals surface area contributed by atoms with Crippen LogP contribution in [0.25, 0.3) is 10.8 Å². The summed E-state index contributed by atoms with van der Waals surface area (Å²) >= 11 is 2.22. The SMILES string of the molecule is Cc1ccc(N2C(=O)[C@H]3[C@H](c4cccnc4)c4sc(=O)n(CC(=O)Nc5cccc6ccccc56)c4S[C@H]3C2=O)cc1. The number of pyridine rings is 1. The second-order valence-electron chi connectivity index (χ2n) is 10.4. The standard InChI is InChI=1S/C32H24N4O4S2/c1-18-11-13-21(14-12-18)36-29(38)26-25(20-8-5-15-33-16-20)28-31(41-27(26)30(36)39)35(32(40)42-28)17-24(37)34-23-10-4-7-19-6-2-3-9-22(19)23/h2-16,25-27H,17H2,1H3,(H,34,37)/t25-,26-,27+/m0/s1. The van der Waals surface area contributed by atoms with Crippen molar-refractivity contribution < 1.29 is 14.4 Å². The van der Waals surface area contributed by atoms with Gasteiger partial charge in [-0.25, -0.2) is 4.90 Å². The van der Waals surface area contributed by atoms with E-state index in [1.807, 2.05) is 67.6 Å². The molecule has 208 valence electrons. The van der Waals surface area contributed by atoms with Gasteiger partial charge in [-0.15, -0.1) is 0 Å². The first-order chi connectivity index (χ1) is 20.4. The summed E-state index contributed by atoms with van der Waals surface area (Å²) in [5.41, 5.74) is 2.94. The van der Waals surface area contributed by atoms with Crippen molar-refractivity contribution in [3.8, 4) is 0 Å². The minimum absolute atomic E-state index is 0.220. The lowest BCUT2D eigenvalue weighted by molar-refractivity contribution is -0.122. The van der Waals surface area contributed by atoms with Gasteiger partial charge in [-0.2, -0.15) is 0 Å². The van der Waals surface area contributed by atoms with Gasteiger partial charge in [0.05, 0.1) is 16.6 Å². The first-order valence-corrected chi connectivity index (χ1v) is 15.1. The molecule has 1 saturated heterocycles. The Balaban J connectivity index is 1.27. The van der Waals surface area contributed by atoms with E-state index in [-0.39, 0.29) is 29.1 Å². The van der Waals surface area contributed by atoms with Crippen LogP contribution in [0.2, 0.25) is 0 Å². The smallest absolute Gasteiger partial charge is 0.308 e. The molecule has 0 bridgehead atoms. The van der Waals surface area contributed by atoms with Gasteiger partial charge in [0.25, 0.3) is 0 Å². The molecule has 5 aromatic rings. The van der Waals surface area contributed by atoms with E-state index in [2.05, 4.69) is 10.3 Å². The molecular weight excluding hydrogens is 569 g/mol. The molecular formula is C32H24N4O4S2. The Kier molecular flexibility index (Phi) is 6.52. The van der Waals surface area contributed by atoms with Gasteiger partial charge >= 0.3 is 4.87 Å². The highest BCUT2D eigenvalue weighted by Crippen LogP contribution is 2.53. The van der Waals surface area contributed by atoms with E-state index in [4.69, 9.17) is 0 Å². The lowest BCUT2D eigenvalue weighted by Gasteiger charge is -2.30. The topological polar surface area (TPSA) is 101 Å². The lowest BCUT2D eigenvalue weighted by atomic mass is 9.84. The van der Waals surface area contributed by atoms with Gasteiger partial charge in [0.1, 0.15) is 11.8 Å². The quantitative estimate of drug-likeness (QED) is 0.282. The molecule has 0 spiro atoms. The first kappa shape index (κ1) is 26.4. The number of hydrogen-bond acceptors (Lipinski definition) is 7. The Labute approximate surface area is 249 Å². The van der Waals surface area contributed by atoms with E-state index in [0.717, 1.165) is 33.2 Å². The number of thiazole rings is 1. The zero-order chi connectivity index (χ0) is 29.0. The molecule has 42 heavy (non-hydrogen) atoms. The maximum absolute atomic E-state index is 13.9. The molecule has 4 heterocycles. The molecule has 8 nitrogen and oxygen atoms in total. The van der Waals surface area contributed by atoms with Gasteiger partial charge in [-0.05, 0) is 42.1 Å². The van der Waals surface area contributed by atoms with Crippen LogP contribution < -0.4 is 15.1 Å². The van der Waals surface area contributed by atoms with Gasteiger partial charge in [0.2, 0.25) is 17.7 Å². The van der Waals surface area contributed by atoms with E-state index >= 15 is 0 Å². The highest BCUT2D eigenvalue weighted by molar-refractivity contribution is 8.00. The number of aryl methyl sites for hydroxylation is 1. The Bertz CT molecular complexity index is 1930. The van der Waals surface area contributed by atoms with E-state index in [1.165, 1.54) is 21.2 Å². The molecule has 7 rings (SSSR count). The first-order valence-electron chi connectivity index (χ1n) is 13.4. The van der Waals surface area contributed by atoms with Crippen LogP contribution in [0.15, 0.2) is 101 Å². The average Bonchev–Trinajstić information content (AvgIpc) is 3.44. The van der Waals surface area contributed by atoms with Crippen molar-refractivity contribution in [3.63, 3.8) is 0 Å². The van der Waals surface area contributed by atoms with Crippen molar-refractivity contribution in [2.24, 2.45) is 5.92 Å². The Hall–Kier alpha value is -4.54. The predicted molar refractivity (Wildman–Crippen MR) is 164 cm³/mol. The van der Waals surface area contributed by atoms with Gasteiger partial charge in [-0.3, -0.25) is 28.7 Å². The number of imide groups is 1. The third kappa shape index (κ3) is 4.34. The second kappa shape index (κ2) is 10.4. The number of aromatic nitrogens is 2. The number of thioether (sulfide) groups is 1. The van der Waals surface area contributed by atoms with Crippen LogP contribution >= 0.6 is 23.1 Å². The fourth-order valence-corrected chi connectivity index (χ4v) is 8.56. The zero-order valence-corrected chi connectivity index (χ0v) is 24.0. The number of benzene rings is 3. The number of fused-ring (bicyclic) bond motifs is 3. The molecule has 2 aliphatic heterocycles. The highest BCUT2D eigenvalue weighted by atomic mass is 32.2. The number of carbonyl (C=O) groups is 3. The van der Waals surface area contributed by atoms with Crippen LogP contribution in [-0.4, -0.2) is 32.5 Å². The number of nitrogens with zero attached hydrogens (tertiary/aromatic N) is 3. The Morgan fingerprint density at radius 2 is 1.71 bits per heavy atom. The summed E-state index contributed by atoms with van der Waals surface area (Å²) in [7, 11) is 0. The van der Waals surface area contributed by atoms with Crippen molar-refractivity contribution >= 4 is 63.0 Å². The van der Waals surface area contributed by atoms with Crippen LogP contribution in [0.1, 0.15) is 21.9 Å². The van der Waals surface area contributed by atoms with Crippen LogP contribution in [0.4, 0.5) is 11.4 Å². The largest absolute Gasteiger partial charge is 0.324 e. The number of anilines is 2. The monoisotopic (exact) mass is 592 g/mol. The maximum atomic E-state index is 13.9. The Morgan fingerprint density at radius 1 is 0.929 bits per heavy atom. The van der Waals surface area contributed by atoms with Crippen molar-refractivity contribution in [1.29, 1.82) is 0 Å². The summed E-state index contributed by atoms with van der Waals surface area (Å²) in [6, 6.07) is 24.3. The Morgan fingerprint density at radius 3 is 2.50 bits per heavy atom. The zero-order valence-electron chi connectivity index (χ0n) is 22.4. The van der Waals surface area contributed by atoms with Crippen LogP contribution in [0, 0.1) is 12.8 Å². The van der Waals surface area contributed by atoms with Gasteiger partial charge in [-0.1, -0.05) is 83.3 Å². The molecule has 3 atom stereocenters. The fourth-order valence-electron chi connectivity index (χ4n) is 5.79. The summed E-state index contributed by atoms with van der Waals surface area (Å²) in [4.78, 5) is 60.3. The van der Waals surface area contributed by atoms with E-state index in [0.29, 0.717) is 21.3 Å². The second-order valence-corrected chi connectivity index (χ2v) is 12.5. The van der Waals surface area contributed by atoms with Crippen molar-refractivity contribution in [2.75, 3.05) is 10.2 Å². The van der Waals surface area contributed by atoms with Crippen LogP contribution in [0.5, 0.6) is 0 Å². The summed E-state index contributed by atoms with van der Waals surface area (Å²) in [6.07, 6.45) is 3.32. The number of amides is 3. The molecule has 1 fully saturated rings. The third-order valence-electron chi connectivity index (χ3n) is 7.75. The van der Waals surface area contributed by atoms with Crippen LogP contribution in [-0.2, 0) is 20.9 Å². The minimum atomic E-state index is -0.752. The third-order valence-corrected chi connectivity index (χ3v) is 10.4.